The average Bonchev–Trinajstić information content (AvgIpc) is 2.46. The summed E-state index contributed by atoms with van der Waals surface area (Å²) in [5.74, 6) is 0. The standard InChI is InChI=1S/C18H26N2O/c1-5-11-19-16(13-21-18(2,3)4)15-10-6-8-14-9-7-12-20-17(14)15/h6-10,12,16,19H,5,11,13H2,1-4H3. The van der Waals surface area contributed by atoms with Gasteiger partial charge in [0.15, 0.2) is 0 Å². The van der Waals surface area contributed by atoms with E-state index in [2.05, 4.69) is 62.3 Å². The first-order valence-corrected chi connectivity index (χ1v) is 7.72. The van der Waals surface area contributed by atoms with Crippen LogP contribution in [0.1, 0.15) is 45.7 Å². The zero-order chi connectivity index (χ0) is 15.3. The molecule has 0 radical (unpaired) electrons. The fraction of sp³-hybridized carbons (Fsp3) is 0.500. The van der Waals surface area contributed by atoms with Gasteiger partial charge in [-0.05, 0) is 45.4 Å². The smallest absolute Gasteiger partial charge is 0.0750 e. The van der Waals surface area contributed by atoms with E-state index in [9.17, 15) is 0 Å². The van der Waals surface area contributed by atoms with Gasteiger partial charge in [0, 0.05) is 11.6 Å². The molecule has 2 rings (SSSR count). The molecule has 0 amide bonds. The summed E-state index contributed by atoms with van der Waals surface area (Å²) in [6, 6.07) is 10.6. The molecule has 0 bridgehead atoms. The molecular formula is C18H26N2O. The lowest BCUT2D eigenvalue weighted by molar-refractivity contribution is -0.0146. The minimum Gasteiger partial charge on any atom is -0.374 e. The number of para-hydroxylation sites is 1. The van der Waals surface area contributed by atoms with Gasteiger partial charge in [-0.3, -0.25) is 4.98 Å². The van der Waals surface area contributed by atoms with E-state index in [0.717, 1.165) is 18.5 Å². The number of pyridine rings is 1. The van der Waals surface area contributed by atoms with Gasteiger partial charge in [0.1, 0.15) is 0 Å². The van der Waals surface area contributed by atoms with Gasteiger partial charge in [-0.25, -0.2) is 0 Å². The van der Waals surface area contributed by atoms with E-state index in [4.69, 9.17) is 4.74 Å². The fourth-order valence-electron chi connectivity index (χ4n) is 2.32. The van der Waals surface area contributed by atoms with Gasteiger partial charge in [-0.1, -0.05) is 31.2 Å². The van der Waals surface area contributed by atoms with Crippen molar-refractivity contribution in [2.75, 3.05) is 13.2 Å². The van der Waals surface area contributed by atoms with E-state index in [0.29, 0.717) is 6.61 Å². The van der Waals surface area contributed by atoms with Crippen molar-refractivity contribution >= 4 is 10.9 Å². The van der Waals surface area contributed by atoms with Crippen LogP contribution in [0.15, 0.2) is 36.5 Å². The molecule has 1 aromatic heterocycles. The van der Waals surface area contributed by atoms with E-state index in [1.54, 1.807) is 0 Å². The largest absolute Gasteiger partial charge is 0.374 e. The van der Waals surface area contributed by atoms with Crippen LogP contribution in [0, 0.1) is 0 Å². The number of hydrogen-bond acceptors (Lipinski definition) is 3. The van der Waals surface area contributed by atoms with Crippen LogP contribution >= 0.6 is 0 Å². The lowest BCUT2D eigenvalue weighted by atomic mass is 10.0. The molecule has 0 aliphatic rings. The Hall–Kier alpha value is -1.45. The predicted molar refractivity (Wildman–Crippen MR) is 88.5 cm³/mol. The quantitative estimate of drug-likeness (QED) is 0.868. The highest BCUT2D eigenvalue weighted by Gasteiger charge is 2.18. The Labute approximate surface area is 127 Å². The summed E-state index contributed by atoms with van der Waals surface area (Å²) in [6.07, 6.45) is 2.96. The number of nitrogens with one attached hydrogen (secondary N) is 1. The lowest BCUT2D eigenvalue weighted by Gasteiger charge is -2.26. The van der Waals surface area contributed by atoms with Crippen molar-refractivity contribution in [3.63, 3.8) is 0 Å². The maximum absolute atomic E-state index is 6.00. The maximum Gasteiger partial charge on any atom is 0.0750 e. The summed E-state index contributed by atoms with van der Waals surface area (Å²) in [5, 5.41) is 4.76. The molecule has 1 aromatic carbocycles. The maximum atomic E-state index is 6.00. The normalized spacial score (nSPS) is 13.5. The Balaban J connectivity index is 2.29. The summed E-state index contributed by atoms with van der Waals surface area (Å²) in [4.78, 5) is 4.56. The van der Waals surface area contributed by atoms with Crippen LogP contribution < -0.4 is 5.32 Å². The van der Waals surface area contributed by atoms with E-state index in [-0.39, 0.29) is 11.6 Å². The third kappa shape index (κ3) is 4.51. The van der Waals surface area contributed by atoms with Crippen LogP contribution in [0.4, 0.5) is 0 Å². The Kier molecular flexibility index (Phi) is 5.32. The van der Waals surface area contributed by atoms with E-state index >= 15 is 0 Å². The first kappa shape index (κ1) is 15.9. The minimum absolute atomic E-state index is 0.135. The number of rotatable bonds is 6. The molecule has 114 valence electrons. The fourth-order valence-corrected chi connectivity index (χ4v) is 2.32. The van der Waals surface area contributed by atoms with Crippen molar-refractivity contribution in [1.82, 2.24) is 10.3 Å². The molecule has 0 saturated carbocycles. The minimum atomic E-state index is -0.135. The van der Waals surface area contributed by atoms with Gasteiger partial charge >= 0.3 is 0 Å². The molecule has 1 N–H and O–H groups in total. The van der Waals surface area contributed by atoms with E-state index in [1.807, 2.05) is 12.3 Å². The molecule has 3 nitrogen and oxygen atoms in total. The Morgan fingerprint density at radius 1 is 1.19 bits per heavy atom. The number of fused-ring (bicyclic) bond motifs is 1. The summed E-state index contributed by atoms with van der Waals surface area (Å²) < 4.78 is 6.00. The Morgan fingerprint density at radius 2 is 1.95 bits per heavy atom. The molecule has 0 aliphatic heterocycles. The Bertz CT molecular complexity index is 569. The number of nitrogens with zero attached hydrogens (tertiary/aromatic N) is 1. The third-order valence-corrected chi connectivity index (χ3v) is 3.36. The molecule has 1 heterocycles. The van der Waals surface area contributed by atoms with Crippen molar-refractivity contribution in [3.8, 4) is 0 Å². The molecule has 3 heteroatoms. The van der Waals surface area contributed by atoms with Crippen LogP contribution in [-0.2, 0) is 4.74 Å². The van der Waals surface area contributed by atoms with Crippen molar-refractivity contribution in [3.05, 3.63) is 42.1 Å². The number of benzene rings is 1. The highest BCUT2D eigenvalue weighted by Crippen LogP contribution is 2.24. The molecule has 0 saturated heterocycles. The van der Waals surface area contributed by atoms with Crippen molar-refractivity contribution in [2.24, 2.45) is 0 Å². The summed E-state index contributed by atoms with van der Waals surface area (Å²) >= 11 is 0. The van der Waals surface area contributed by atoms with Crippen LogP contribution in [0.2, 0.25) is 0 Å². The zero-order valence-corrected chi connectivity index (χ0v) is 13.5. The van der Waals surface area contributed by atoms with Gasteiger partial charge < -0.3 is 10.1 Å². The van der Waals surface area contributed by atoms with Crippen LogP contribution in [0.3, 0.4) is 0 Å². The van der Waals surface area contributed by atoms with Crippen molar-refractivity contribution in [2.45, 2.75) is 45.8 Å². The molecule has 0 spiro atoms. The second-order valence-corrected chi connectivity index (χ2v) is 6.35. The zero-order valence-electron chi connectivity index (χ0n) is 13.5. The summed E-state index contributed by atoms with van der Waals surface area (Å²) in [7, 11) is 0. The van der Waals surface area contributed by atoms with Gasteiger partial charge in [0.05, 0.1) is 23.8 Å². The molecule has 1 unspecified atom stereocenters. The number of hydrogen-bond donors (Lipinski definition) is 1. The molecule has 1 atom stereocenters. The summed E-state index contributed by atoms with van der Waals surface area (Å²) in [6.45, 7) is 10.1. The molecule has 21 heavy (non-hydrogen) atoms. The van der Waals surface area contributed by atoms with Crippen molar-refractivity contribution in [1.29, 1.82) is 0 Å². The molecular weight excluding hydrogens is 260 g/mol. The number of ether oxygens (including phenoxy) is 1. The second kappa shape index (κ2) is 7.01. The number of aromatic nitrogens is 1. The highest BCUT2D eigenvalue weighted by atomic mass is 16.5. The van der Waals surface area contributed by atoms with Crippen LogP contribution in [-0.4, -0.2) is 23.7 Å². The first-order chi connectivity index (χ1) is 10.0. The average molecular weight is 286 g/mol. The van der Waals surface area contributed by atoms with E-state index < -0.39 is 0 Å². The Morgan fingerprint density at radius 3 is 2.67 bits per heavy atom. The first-order valence-electron chi connectivity index (χ1n) is 7.72. The molecule has 0 aliphatic carbocycles. The van der Waals surface area contributed by atoms with Crippen LogP contribution in [0.5, 0.6) is 0 Å². The van der Waals surface area contributed by atoms with E-state index in [1.165, 1.54) is 10.9 Å². The molecule has 2 aromatic rings. The SMILES string of the molecule is CCCNC(COC(C)(C)C)c1cccc2cccnc12. The second-order valence-electron chi connectivity index (χ2n) is 6.35. The molecule has 0 fully saturated rings. The monoisotopic (exact) mass is 286 g/mol. The van der Waals surface area contributed by atoms with Crippen LogP contribution in [0.25, 0.3) is 10.9 Å². The predicted octanol–water partition coefficient (Wildman–Crippen LogP) is 4.09. The van der Waals surface area contributed by atoms with Gasteiger partial charge in [0.2, 0.25) is 0 Å². The van der Waals surface area contributed by atoms with Gasteiger partial charge in [-0.15, -0.1) is 0 Å². The van der Waals surface area contributed by atoms with Gasteiger partial charge in [0.25, 0.3) is 0 Å². The van der Waals surface area contributed by atoms with Crippen molar-refractivity contribution < 1.29 is 4.74 Å². The lowest BCUT2D eigenvalue weighted by Crippen LogP contribution is -2.31. The topological polar surface area (TPSA) is 34.1 Å². The summed E-state index contributed by atoms with van der Waals surface area (Å²) in [5.41, 5.74) is 2.14. The highest BCUT2D eigenvalue weighted by molar-refractivity contribution is 5.82. The van der Waals surface area contributed by atoms with Gasteiger partial charge in [-0.2, -0.15) is 0 Å². The third-order valence-electron chi connectivity index (χ3n) is 3.36.